The van der Waals surface area contributed by atoms with E-state index in [0.29, 0.717) is 11.6 Å². The van der Waals surface area contributed by atoms with Crippen LogP contribution >= 0.6 is 0 Å². The van der Waals surface area contributed by atoms with Crippen LogP contribution < -0.4 is 5.32 Å². The molecule has 0 heterocycles. The standard InChI is InChI=1S/C12H17NO2/c1-9(13-10(2)15-3)8-11-4-6-12(14)7-5-11/h4-7,9,13-14H,2,8H2,1,3H3. The van der Waals surface area contributed by atoms with Crippen molar-refractivity contribution >= 4 is 0 Å². The number of methoxy groups -OCH3 is 1. The number of phenolic OH excluding ortho intramolecular Hbond substituents is 1. The lowest BCUT2D eigenvalue weighted by Gasteiger charge is -2.15. The molecule has 1 aromatic carbocycles. The zero-order valence-electron chi connectivity index (χ0n) is 9.16. The molecule has 2 N–H and O–H groups in total. The molecule has 1 rings (SSSR count). The van der Waals surface area contributed by atoms with Gasteiger partial charge in [0, 0.05) is 6.04 Å². The number of hydrogen-bond acceptors (Lipinski definition) is 3. The van der Waals surface area contributed by atoms with E-state index in [-0.39, 0.29) is 6.04 Å². The van der Waals surface area contributed by atoms with Gasteiger partial charge in [0.05, 0.1) is 7.11 Å². The smallest absolute Gasteiger partial charge is 0.179 e. The molecule has 1 atom stereocenters. The Morgan fingerprint density at radius 2 is 2.07 bits per heavy atom. The first-order valence-corrected chi connectivity index (χ1v) is 4.89. The predicted octanol–water partition coefficient (Wildman–Crippen LogP) is 2.03. The third kappa shape index (κ3) is 3.94. The van der Waals surface area contributed by atoms with Gasteiger partial charge >= 0.3 is 0 Å². The van der Waals surface area contributed by atoms with Crippen molar-refractivity contribution in [2.24, 2.45) is 0 Å². The van der Waals surface area contributed by atoms with Gasteiger partial charge in [-0.3, -0.25) is 0 Å². The molecular formula is C12H17NO2. The minimum Gasteiger partial charge on any atom is -0.508 e. The quantitative estimate of drug-likeness (QED) is 0.726. The van der Waals surface area contributed by atoms with E-state index in [1.54, 1.807) is 19.2 Å². The summed E-state index contributed by atoms with van der Waals surface area (Å²) < 4.78 is 4.93. The minimum atomic E-state index is 0.252. The Labute approximate surface area is 90.4 Å². The maximum atomic E-state index is 9.12. The molecule has 0 aliphatic carbocycles. The zero-order valence-corrected chi connectivity index (χ0v) is 9.16. The predicted molar refractivity (Wildman–Crippen MR) is 60.6 cm³/mol. The van der Waals surface area contributed by atoms with Gasteiger partial charge in [-0.25, -0.2) is 0 Å². The van der Waals surface area contributed by atoms with Gasteiger partial charge in [0.15, 0.2) is 5.88 Å². The van der Waals surface area contributed by atoms with Gasteiger partial charge in [-0.2, -0.15) is 0 Å². The van der Waals surface area contributed by atoms with Crippen LogP contribution in [0.4, 0.5) is 0 Å². The largest absolute Gasteiger partial charge is 0.508 e. The van der Waals surface area contributed by atoms with Gasteiger partial charge in [0.2, 0.25) is 0 Å². The van der Waals surface area contributed by atoms with Crippen molar-refractivity contribution in [2.75, 3.05) is 7.11 Å². The normalized spacial score (nSPS) is 11.9. The maximum Gasteiger partial charge on any atom is 0.179 e. The summed E-state index contributed by atoms with van der Waals surface area (Å²) in [4.78, 5) is 0. The van der Waals surface area contributed by atoms with E-state index < -0.39 is 0 Å². The van der Waals surface area contributed by atoms with Crippen molar-refractivity contribution in [2.45, 2.75) is 19.4 Å². The van der Waals surface area contributed by atoms with Crippen LogP contribution in [0, 0.1) is 0 Å². The Morgan fingerprint density at radius 1 is 1.47 bits per heavy atom. The van der Waals surface area contributed by atoms with Crippen LogP contribution in [0.1, 0.15) is 12.5 Å². The van der Waals surface area contributed by atoms with Crippen molar-refractivity contribution in [3.63, 3.8) is 0 Å². The number of rotatable bonds is 5. The first-order chi connectivity index (χ1) is 7.11. The van der Waals surface area contributed by atoms with E-state index in [0.717, 1.165) is 12.0 Å². The van der Waals surface area contributed by atoms with Gasteiger partial charge in [-0.15, -0.1) is 0 Å². The van der Waals surface area contributed by atoms with Gasteiger partial charge in [-0.1, -0.05) is 12.1 Å². The third-order valence-corrected chi connectivity index (χ3v) is 2.13. The van der Waals surface area contributed by atoms with Gasteiger partial charge < -0.3 is 15.2 Å². The monoisotopic (exact) mass is 207 g/mol. The second kappa shape index (κ2) is 5.29. The van der Waals surface area contributed by atoms with Crippen LogP contribution in [0.15, 0.2) is 36.7 Å². The second-order valence-electron chi connectivity index (χ2n) is 3.54. The third-order valence-electron chi connectivity index (χ3n) is 2.13. The Balaban J connectivity index is 2.47. The summed E-state index contributed by atoms with van der Waals surface area (Å²) >= 11 is 0. The fourth-order valence-electron chi connectivity index (χ4n) is 1.37. The average molecular weight is 207 g/mol. The molecule has 0 radical (unpaired) electrons. The summed E-state index contributed by atoms with van der Waals surface area (Å²) in [5.74, 6) is 0.863. The fraction of sp³-hybridized carbons (Fsp3) is 0.333. The molecule has 0 fully saturated rings. The van der Waals surface area contributed by atoms with Crippen LogP contribution in [-0.4, -0.2) is 18.3 Å². The molecule has 1 aromatic rings. The van der Waals surface area contributed by atoms with E-state index in [4.69, 9.17) is 9.84 Å². The van der Waals surface area contributed by atoms with E-state index in [1.807, 2.05) is 12.1 Å². The molecule has 0 amide bonds. The molecule has 0 saturated carbocycles. The van der Waals surface area contributed by atoms with Crippen LogP contribution in [-0.2, 0) is 11.2 Å². The molecular weight excluding hydrogens is 190 g/mol. The summed E-state index contributed by atoms with van der Waals surface area (Å²) in [6, 6.07) is 7.44. The second-order valence-corrected chi connectivity index (χ2v) is 3.54. The van der Waals surface area contributed by atoms with Gasteiger partial charge in [-0.05, 0) is 37.6 Å². The first kappa shape index (κ1) is 11.4. The Bertz CT molecular complexity index is 319. The highest BCUT2D eigenvalue weighted by Gasteiger charge is 2.04. The molecule has 0 saturated heterocycles. The molecule has 3 nitrogen and oxygen atoms in total. The van der Waals surface area contributed by atoms with E-state index >= 15 is 0 Å². The molecule has 15 heavy (non-hydrogen) atoms. The SMILES string of the molecule is C=C(NC(C)Cc1ccc(O)cc1)OC. The van der Waals surface area contributed by atoms with Crippen LogP contribution in [0.25, 0.3) is 0 Å². The number of benzene rings is 1. The van der Waals surface area contributed by atoms with E-state index in [1.165, 1.54) is 0 Å². The molecule has 0 aromatic heterocycles. The highest BCUT2D eigenvalue weighted by molar-refractivity contribution is 5.26. The lowest BCUT2D eigenvalue weighted by molar-refractivity contribution is 0.253. The highest BCUT2D eigenvalue weighted by atomic mass is 16.5. The Morgan fingerprint density at radius 3 is 2.60 bits per heavy atom. The molecule has 1 unspecified atom stereocenters. The molecule has 0 spiro atoms. The maximum absolute atomic E-state index is 9.12. The molecule has 0 aliphatic heterocycles. The number of ether oxygens (including phenoxy) is 1. The summed E-state index contributed by atoms with van der Waals surface area (Å²) in [5.41, 5.74) is 1.16. The van der Waals surface area contributed by atoms with Gasteiger partial charge in [0.25, 0.3) is 0 Å². The number of aromatic hydroxyl groups is 1. The summed E-state index contributed by atoms with van der Waals surface area (Å²) in [6.07, 6.45) is 0.864. The summed E-state index contributed by atoms with van der Waals surface area (Å²) in [6.45, 7) is 5.75. The van der Waals surface area contributed by atoms with Crippen LogP contribution in [0.5, 0.6) is 5.75 Å². The molecule has 3 heteroatoms. The molecule has 82 valence electrons. The lowest BCUT2D eigenvalue weighted by atomic mass is 10.1. The Hall–Kier alpha value is -1.64. The molecule has 0 aliphatic rings. The topological polar surface area (TPSA) is 41.5 Å². The van der Waals surface area contributed by atoms with Crippen molar-refractivity contribution in [1.29, 1.82) is 0 Å². The minimum absolute atomic E-state index is 0.252. The summed E-state index contributed by atoms with van der Waals surface area (Å²) in [5, 5.41) is 12.2. The van der Waals surface area contributed by atoms with E-state index in [9.17, 15) is 0 Å². The fourth-order valence-corrected chi connectivity index (χ4v) is 1.37. The number of phenols is 1. The van der Waals surface area contributed by atoms with Crippen molar-refractivity contribution in [3.05, 3.63) is 42.3 Å². The van der Waals surface area contributed by atoms with Crippen molar-refractivity contribution in [1.82, 2.24) is 5.32 Å². The Kier molecular flexibility index (Phi) is 4.03. The molecule has 0 bridgehead atoms. The zero-order chi connectivity index (χ0) is 11.3. The lowest BCUT2D eigenvalue weighted by Crippen LogP contribution is -2.27. The van der Waals surface area contributed by atoms with E-state index in [2.05, 4.69) is 18.8 Å². The average Bonchev–Trinajstić information content (AvgIpc) is 2.21. The van der Waals surface area contributed by atoms with Gasteiger partial charge in [0.1, 0.15) is 5.75 Å². The summed E-state index contributed by atoms with van der Waals surface area (Å²) in [7, 11) is 1.59. The number of nitrogens with one attached hydrogen (secondary N) is 1. The van der Waals surface area contributed by atoms with Crippen LogP contribution in [0.2, 0.25) is 0 Å². The first-order valence-electron chi connectivity index (χ1n) is 4.89. The van der Waals surface area contributed by atoms with Crippen LogP contribution in [0.3, 0.4) is 0 Å². The number of hydrogen-bond donors (Lipinski definition) is 2. The van der Waals surface area contributed by atoms with Crippen molar-refractivity contribution < 1.29 is 9.84 Å². The highest BCUT2D eigenvalue weighted by Crippen LogP contribution is 2.11. The van der Waals surface area contributed by atoms with Crippen molar-refractivity contribution in [3.8, 4) is 5.75 Å².